The first-order valence-electron chi connectivity index (χ1n) is 5.30. The summed E-state index contributed by atoms with van der Waals surface area (Å²) in [5.74, 6) is -0.674. The maximum atomic E-state index is 11.9. The van der Waals surface area contributed by atoms with Crippen LogP contribution in [0.25, 0.3) is 0 Å². The quantitative estimate of drug-likeness (QED) is 0.885. The van der Waals surface area contributed by atoms with Gasteiger partial charge in [-0.05, 0) is 18.2 Å². The van der Waals surface area contributed by atoms with E-state index < -0.39 is 5.91 Å². The number of amides is 2. The highest BCUT2D eigenvalue weighted by molar-refractivity contribution is 7.13. The van der Waals surface area contributed by atoms with Crippen LogP contribution in [0.1, 0.15) is 20.7 Å². The first-order chi connectivity index (χ1) is 9.11. The van der Waals surface area contributed by atoms with E-state index in [4.69, 9.17) is 10.5 Å². The zero-order chi connectivity index (χ0) is 13.8. The molecular formula is C12H11N3O3S. The van der Waals surface area contributed by atoms with Gasteiger partial charge in [0.25, 0.3) is 11.8 Å². The van der Waals surface area contributed by atoms with Crippen LogP contribution in [0, 0.1) is 0 Å². The predicted molar refractivity (Wildman–Crippen MR) is 71.6 cm³/mol. The molecule has 0 aliphatic heterocycles. The van der Waals surface area contributed by atoms with Crippen molar-refractivity contribution in [1.29, 1.82) is 0 Å². The van der Waals surface area contributed by atoms with Crippen LogP contribution >= 0.6 is 11.3 Å². The molecule has 2 amide bonds. The largest absolute Gasteiger partial charge is 0.496 e. The van der Waals surface area contributed by atoms with Gasteiger partial charge in [0.15, 0.2) is 5.13 Å². The number of primary amides is 1. The van der Waals surface area contributed by atoms with Crippen LogP contribution in [-0.4, -0.2) is 23.9 Å². The topological polar surface area (TPSA) is 94.3 Å². The number of nitrogens with one attached hydrogen (secondary N) is 1. The maximum absolute atomic E-state index is 11.9. The Balaban J connectivity index is 2.25. The van der Waals surface area contributed by atoms with Gasteiger partial charge in [0.2, 0.25) is 0 Å². The molecule has 0 radical (unpaired) electrons. The normalized spacial score (nSPS) is 9.95. The Morgan fingerprint density at radius 3 is 2.79 bits per heavy atom. The van der Waals surface area contributed by atoms with E-state index in [1.54, 1.807) is 11.6 Å². The second kappa shape index (κ2) is 5.49. The average molecular weight is 277 g/mol. The van der Waals surface area contributed by atoms with E-state index in [2.05, 4.69) is 10.3 Å². The van der Waals surface area contributed by atoms with Gasteiger partial charge in [0.05, 0.1) is 12.7 Å². The molecule has 2 rings (SSSR count). The second-order valence-corrected chi connectivity index (χ2v) is 4.47. The van der Waals surface area contributed by atoms with Gasteiger partial charge in [-0.15, -0.1) is 11.3 Å². The molecule has 0 saturated heterocycles. The van der Waals surface area contributed by atoms with Gasteiger partial charge in [-0.1, -0.05) is 0 Å². The minimum Gasteiger partial charge on any atom is -0.496 e. The van der Waals surface area contributed by atoms with E-state index in [0.29, 0.717) is 10.7 Å². The SMILES string of the molecule is COc1cc(C(=O)Nc2nccs2)ccc1C(N)=O. The summed E-state index contributed by atoms with van der Waals surface area (Å²) in [5, 5.41) is 4.89. The molecule has 1 aromatic heterocycles. The van der Waals surface area contributed by atoms with E-state index in [0.717, 1.165) is 0 Å². The number of anilines is 1. The Labute approximate surface area is 113 Å². The van der Waals surface area contributed by atoms with E-state index in [9.17, 15) is 9.59 Å². The molecule has 7 heteroatoms. The second-order valence-electron chi connectivity index (χ2n) is 3.57. The molecule has 2 aromatic rings. The number of carbonyl (C=O) groups excluding carboxylic acids is 2. The lowest BCUT2D eigenvalue weighted by molar-refractivity contribution is 0.0992. The molecule has 6 nitrogen and oxygen atoms in total. The minimum atomic E-state index is -0.608. The number of carbonyl (C=O) groups is 2. The smallest absolute Gasteiger partial charge is 0.257 e. The molecule has 1 heterocycles. The van der Waals surface area contributed by atoms with E-state index >= 15 is 0 Å². The molecule has 0 atom stereocenters. The minimum absolute atomic E-state index is 0.230. The third-order valence-corrected chi connectivity index (χ3v) is 3.07. The highest BCUT2D eigenvalue weighted by atomic mass is 32.1. The Kier molecular flexibility index (Phi) is 3.76. The van der Waals surface area contributed by atoms with E-state index in [-0.39, 0.29) is 17.2 Å². The van der Waals surface area contributed by atoms with Gasteiger partial charge < -0.3 is 10.5 Å². The van der Waals surface area contributed by atoms with Gasteiger partial charge in [-0.25, -0.2) is 4.98 Å². The highest BCUT2D eigenvalue weighted by Gasteiger charge is 2.14. The Morgan fingerprint density at radius 1 is 1.42 bits per heavy atom. The summed E-state index contributed by atoms with van der Waals surface area (Å²) in [6, 6.07) is 4.42. The number of nitrogens with two attached hydrogens (primary N) is 1. The standard InChI is InChI=1S/C12H11N3O3S/c1-18-9-6-7(2-3-8(9)10(13)16)11(17)15-12-14-4-5-19-12/h2-6H,1H3,(H2,13,16)(H,14,15,17). The van der Waals surface area contributed by atoms with Crippen LogP contribution in [0.2, 0.25) is 0 Å². The lowest BCUT2D eigenvalue weighted by Crippen LogP contribution is -2.15. The fourth-order valence-electron chi connectivity index (χ4n) is 1.49. The van der Waals surface area contributed by atoms with Crippen molar-refractivity contribution >= 4 is 28.3 Å². The lowest BCUT2D eigenvalue weighted by atomic mass is 10.1. The van der Waals surface area contributed by atoms with Crippen molar-refractivity contribution < 1.29 is 14.3 Å². The molecule has 1 aromatic carbocycles. The Hall–Kier alpha value is -2.41. The Morgan fingerprint density at radius 2 is 2.21 bits per heavy atom. The fourth-order valence-corrected chi connectivity index (χ4v) is 2.01. The Bertz CT molecular complexity index is 611. The van der Waals surface area contributed by atoms with Crippen LogP contribution in [0.15, 0.2) is 29.8 Å². The molecule has 0 saturated carbocycles. The van der Waals surface area contributed by atoms with Gasteiger partial charge in [-0.3, -0.25) is 14.9 Å². The summed E-state index contributed by atoms with van der Waals surface area (Å²) in [5.41, 5.74) is 5.79. The molecule has 19 heavy (non-hydrogen) atoms. The lowest BCUT2D eigenvalue weighted by Gasteiger charge is -2.08. The zero-order valence-corrected chi connectivity index (χ0v) is 10.9. The zero-order valence-electron chi connectivity index (χ0n) is 10.0. The number of hydrogen-bond acceptors (Lipinski definition) is 5. The third kappa shape index (κ3) is 2.89. The van der Waals surface area contributed by atoms with Crippen molar-refractivity contribution in [2.24, 2.45) is 5.73 Å². The summed E-state index contributed by atoms with van der Waals surface area (Å²) in [6.45, 7) is 0. The average Bonchev–Trinajstić information content (AvgIpc) is 2.90. The number of thiazole rings is 1. The molecule has 0 unspecified atom stereocenters. The summed E-state index contributed by atoms with van der Waals surface area (Å²) in [4.78, 5) is 27.0. The van der Waals surface area contributed by atoms with Crippen LogP contribution in [-0.2, 0) is 0 Å². The predicted octanol–water partition coefficient (Wildman–Crippen LogP) is 1.50. The van der Waals surface area contributed by atoms with Crippen LogP contribution in [0.4, 0.5) is 5.13 Å². The molecule has 3 N–H and O–H groups in total. The molecule has 0 fully saturated rings. The van der Waals surface area contributed by atoms with Crippen molar-refractivity contribution in [1.82, 2.24) is 4.98 Å². The van der Waals surface area contributed by atoms with Gasteiger partial charge in [0, 0.05) is 17.1 Å². The molecule has 98 valence electrons. The van der Waals surface area contributed by atoms with Gasteiger partial charge >= 0.3 is 0 Å². The number of ether oxygens (including phenoxy) is 1. The van der Waals surface area contributed by atoms with Crippen molar-refractivity contribution in [3.8, 4) is 5.75 Å². The highest BCUT2D eigenvalue weighted by Crippen LogP contribution is 2.21. The summed E-state index contributed by atoms with van der Waals surface area (Å²) < 4.78 is 5.04. The number of hydrogen-bond donors (Lipinski definition) is 2. The molecule has 0 spiro atoms. The summed E-state index contributed by atoms with van der Waals surface area (Å²) >= 11 is 1.32. The fraction of sp³-hybridized carbons (Fsp3) is 0.0833. The van der Waals surface area contributed by atoms with Crippen molar-refractivity contribution in [2.75, 3.05) is 12.4 Å². The molecule has 0 bridgehead atoms. The van der Waals surface area contributed by atoms with Crippen molar-refractivity contribution in [3.05, 3.63) is 40.9 Å². The van der Waals surface area contributed by atoms with Crippen molar-refractivity contribution in [3.63, 3.8) is 0 Å². The molecular weight excluding hydrogens is 266 g/mol. The van der Waals surface area contributed by atoms with E-state index in [1.165, 1.54) is 36.6 Å². The number of nitrogens with zero attached hydrogens (tertiary/aromatic N) is 1. The maximum Gasteiger partial charge on any atom is 0.257 e. The number of aromatic nitrogens is 1. The summed E-state index contributed by atoms with van der Waals surface area (Å²) in [7, 11) is 1.41. The third-order valence-electron chi connectivity index (χ3n) is 2.38. The molecule has 0 aliphatic rings. The van der Waals surface area contributed by atoms with Crippen LogP contribution in [0.5, 0.6) is 5.75 Å². The summed E-state index contributed by atoms with van der Waals surface area (Å²) in [6.07, 6.45) is 1.59. The van der Waals surface area contributed by atoms with Crippen LogP contribution in [0.3, 0.4) is 0 Å². The molecule has 0 aliphatic carbocycles. The van der Waals surface area contributed by atoms with E-state index in [1.807, 2.05) is 0 Å². The number of benzene rings is 1. The number of rotatable bonds is 4. The van der Waals surface area contributed by atoms with Crippen molar-refractivity contribution in [2.45, 2.75) is 0 Å². The van der Waals surface area contributed by atoms with Crippen LogP contribution < -0.4 is 15.8 Å². The van der Waals surface area contributed by atoms with Gasteiger partial charge in [-0.2, -0.15) is 0 Å². The number of methoxy groups -OCH3 is 1. The van der Waals surface area contributed by atoms with Gasteiger partial charge in [0.1, 0.15) is 5.75 Å². The first-order valence-corrected chi connectivity index (χ1v) is 6.18. The first kappa shape index (κ1) is 13.0. The monoisotopic (exact) mass is 277 g/mol.